The Morgan fingerprint density at radius 1 is 1.08 bits per heavy atom. The highest BCUT2D eigenvalue weighted by Crippen LogP contribution is 2.16. The van der Waals surface area contributed by atoms with Crippen LogP contribution in [0, 0.1) is 13.8 Å². The van der Waals surface area contributed by atoms with Gasteiger partial charge in [0.2, 0.25) is 5.91 Å². The summed E-state index contributed by atoms with van der Waals surface area (Å²) in [5.41, 5.74) is 3.48. The molecular formula is C20H25N3O3. The zero-order valence-electron chi connectivity index (χ0n) is 15.3. The van der Waals surface area contributed by atoms with Crippen molar-refractivity contribution < 1.29 is 14.0 Å². The van der Waals surface area contributed by atoms with Crippen LogP contribution in [0.2, 0.25) is 0 Å². The monoisotopic (exact) mass is 355 g/mol. The summed E-state index contributed by atoms with van der Waals surface area (Å²) in [6.07, 6.45) is 1.94. The zero-order valence-corrected chi connectivity index (χ0v) is 15.3. The van der Waals surface area contributed by atoms with E-state index in [9.17, 15) is 9.59 Å². The van der Waals surface area contributed by atoms with Crippen LogP contribution in [0.1, 0.15) is 28.1 Å². The fourth-order valence-corrected chi connectivity index (χ4v) is 3.19. The first-order valence-electron chi connectivity index (χ1n) is 8.96. The molecule has 1 saturated heterocycles. The first-order chi connectivity index (χ1) is 12.5. The number of hydrogen-bond donors (Lipinski definition) is 1. The molecule has 6 heteroatoms. The van der Waals surface area contributed by atoms with Crippen LogP contribution in [-0.2, 0) is 4.79 Å². The third kappa shape index (κ3) is 4.25. The lowest BCUT2D eigenvalue weighted by molar-refractivity contribution is -0.132. The molecule has 0 saturated carbocycles. The Hall–Kier alpha value is -2.76. The van der Waals surface area contributed by atoms with Gasteiger partial charge in [0.05, 0.1) is 6.26 Å². The number of furan rings is 1. The fraction of sp³-hybridized carbons (Fsp3) is 0.400. The molecule has 2 heterocycles. The fourth-order valence-electron chi connectivity index (χ4n) is 3.19. The summed E-state index contributed by atoms with van der Waals surface area (Å²) < 4.78 is 5.15. The smallest absolute Gasteiger partial charge is 0.289 e. The number of benzene rings is 1. The standard InChI is InChI=1S/C20H25N3O3/c1-15-5-6-17(16(2)14-15)21-8-7-19(24)22-9-11-23(12-10-22)20(25)18-4-3-13-26-18/h3-6,13-14,21H,7-12H2,1-2H3. The van der Waals surface area contributed by atoms with Gasteiger partial charge >= 0.3 is 0 Å². The first-order valence-corrected chi connectivity index (χ1v) is 8.96. The maximum absolute atomic E-state index is 12.4. The second-order valence-corrected chi connectivity index (χ2v) is 6.65. The van der Waals surface area contributed by atoms with E-state index in [1.165, 1.54) is 17.4 Å². The van der Waals surface area contributed by atoms with Crippen molar-refractivity contribution >= 4 is 17.5 Å². The minimum atomic E-state index is -0.112. The van der Waals surface area contributed by atoms with E-state index in [4.69, 9.17) is 4.42 Å². The second kappa shape index (κ2) is 8.08. The molecule has 1 aliphatic heterocycles. The molecule has 26 heavy (non-hydrogen) atoms. The molecule has 0 bridgehead atoms. The molecule has 138 valence electrons. The van der Waals surface area contributed by atoms with E-state index in [1.807, 2.05) is 11.0 Å². The van der Waals surface area contributed by atoms with E-state index >= 15 is 0 Å². The largest absolute Gasteiger partial charge is 0.459 e. The first kappa shape index (κ1) is 18.0. The van der Waals surface area contributed by atoms with Crippen molar-refractivity contribution in [2.75, 3.05) is 38.0 Å². The minimum absolute atomic E-state index is 0.112. The number of hydrogen-bond acceptors (Lipinski definition) is 4. The number of carbonyl (C=O) groups excluding carboxylic acids is 2. The molecule has 1 aromatic carbocycles. The van der Waals surface area contributed by atoms with Crippen molar-refractivity contribution in [3.63, 3.8) is 0 Å². The maximum Gasteiger partial charge on any atom is 0.289 e. The van der Waals surface area contributed by atoms with E-state index in [1.54, 1.807) is 17.0 Å². The Kier molecular flexibility index (Phi) is 5.61. The van der Waals surface area contributed by atoms with Gasteiger partial charge in [0.25, 0.3) is 5.91 Å². The van der Waals surface area contributed by atoms with Gasteiger partial charge in [0, 0.05) is 44.8 Å². The minimum Gasteiger partial charge on any atom is -0.459 e. The topological polar surface area (TPSA) is 65.8 Å². The Morgan fingerprint density at radius 2 is 1.81 bits per heavy atom. The number of nitrogens with zero attached hydrogens (tertiary/aromatic N) is 2. The molecule has 6 nitrogen and oxygen atoms in total. The predicted molar refractivity (Wildman–Crippen MR) is 100 cm³/mol. The van der Waals surface area contributed by atoms with Gasteiger partial charge in [0.15, 0.2) is 5.76 Å². The number of anilines is 1. The molecule has 1 aromatic heterocycles. The number of aryl methyl sites for hydroxylation is 2. The van der Waals surface area contributed by atoms with E-state index < -0.39 is 0 Å². The molecule has 1 N–H and O–H groups in total. The van der Waals surface area contributed by atoms with Crippen molar-refractivity contribution in [1.82, 2.24) is 9.80 Å². The molecule has 1 aliphatic rings. The Morgan fingerprint density at radius 3 is 2.46 bits per heavy atom. The van der Waals surface area contributed by atoms with Crippen molar-refractivity contribution in [1.29, 1.82) is 0 Å². The van der Waals surface area contributed by atoms with Gasteiger partial charge in [-0.1, -0.05) is 17.7 Å². The number of carbonyl (C=O) groups is 2. The summed E-state index contributed by atoms with van der Waals surface area (Å²) in [7, 11) is 0. The Balaban J connectivity index is 1.43. The van der Waals surface area contributed by atoms with Crippen LogP contribution < -0.4 is 5.32 Å². The molecule has 2 aromatic rings. The highest BCUT2D eigenvalue weighted by molar-refractivity contribution is 5.91. The summed E-state index contributed by atoms with van der Waals surface area (Å²) in [4.78, 5) is 28.2. The third-order valence-corrected chi connectivity index (χ3v) is 4.69. The Labute approximate surface area is 153 Å². The summed E-state index contributed by atoms with van der Waals surface area (Å²) in [6.45, 7) is 6.94. The number of nitrogens with one attached hydrogen (secondary N) is 1. The molecule has 2 amide bonds. The van der Waals surface area contributed by atoms with E-state index in [0.717, 1.165) is 5.69 Å². The van der Waals surface area contributed by atoms with Crippen LogP contribution in [0.25, 0.3) is 0 Å². The van der Waals surface area contributed by atoms with Crippen molar-refractivity contribution in [2.24, 2.45) is 0 Å². The van der Waals surface area contributed by atoms with Gasteiger partial charge < -0.3 is 19.5 Å². The van der Waals surface area contributed by atoms with Gasteiger partial charge in [-0.2, -0.15) is 0 Å². The van der Waals surface area contributed by atoms with Crippen molar-refractivity contribution in [3.8, 4) is 0 Å². The number of rotatable bonds is 5. The SMILES string of the molecule is Cc1ccc(NCCC(=O)N2CCN(C(=O)c3ccco3)CC2)c(C)c1. The van der Waals surface area contributed by atoms with Crippen molar-refractivity contribution in [3.05, 3.63) is 53.5 Å². The quantitative estimate of drug-likeness (QED) is 0.896. The second-order valence-electron chi connectivity index (χ2n) is 6.65. The van der Waals surface area contributed by atoms with Crippen LogP contribution in [0.3, 0.4) is 0 Å². The van der Waals surface area contributed by atoms with Gasteiger partial charge in [-0.3, -0.25) is 9.59 Å². The highest BCUT2D eigenvalue weighted by atomic mass is 16.3. The summed E-state index contributed by atoms with van der Waals surface area (Å²) in [6, 6.07) is 9.61. The van der Waals surface area contributed by atoms with Gasteiger partial charge in [-0.15, -0.1) is 0 Å². The third-order valence-electron chi connectivity index (χ3n) is 4.69. The molecule has 0 radical (unpaired) electrons. The lowest BCUT2D eigenvalue weighted by Crippen LogP contribution is -2.50. The average molecular weight is 355 g/mol. The van der Waals surface area contributed by atoms with Crippen LogP contribution in [0.4, 0.5) is 5.69 Å². The summed E-state index contributed by atoms with van der Waals surface area (Å²) >= 11 is 0. The highest BCUT2D eigenvalue weighted by Gasteiger charge is 2.25. The summed E-state index contributed by atoms with van der Waals surface area (Å²) in [5.74, 6) is 0.355. The Bertz CT molecular complexity index is 763. The van der Waals surface area contributed by atoms with Crippen LogP contribution in [0.5, 0.6) is 0 Å². The molecule has 0 unspecified atom stereocenters. The molecule has 0 aliphatic carbocycles. The van der Waals surface area contributed by atoms with Gasteiger partial charge in [0.1, 0.15) is 0 Å². The van der Waals surface area contributed by atoms with Crippen LogP contribution >= 0.6 is 0 Å². The zero-order chi connectivity index (χ0) is 18.5. The van der Waals surface area contributed by atoms with E-state index in [0.29, 0.717) is 44.9 Å². The molecule has 1 fully saturated rings. The molecule has 3 rings (SSSR count). The van der Waals surface area contributed by atoms with Gasteiger partial charge in [-0.05, 0) is 37.6 Å². The lowest BCUT2D eigenvalue weighted by atomic mass is 10.1. The van der Waals surface area contributed by atoms with E-state index in [-0.39, 0.29) is 11.8 Å². The average Bonchev–Trinajstić information content (AvgIpc) is 3.17. The predicted octanol–water partition coefficient (Wildman–Crippen LogP) is 2.68. The van der Waals surface area contributed by atoms with Gasteiger partial charge in [-0.25, -0.2) is 0 Å². The molecule has 0 atom stereocenters. The molecule has 0 spiro atoms. The normalized spacial score (nSPS) is 14.4. The lowest BCUT2D eigenvalue weighted by Gasteiger charge is -2.34. The van der Waals surface area contributed by atoms with E-state index in [2.05, 4.69) is 31.3 Å². The number of piperazine rings is 1. The van der Waals surface area contributed by atoms with Crippen molar-refractivity contribution in [2.45, 2.75) is 20.3 Å². The van der Waals surface area contributed by atoms with Crippen LogP contribution in [-0.4, -0.2) is 54.3 Å². The summed E-state index contributed by atoms with van der Waals surface area (Å²) in [5, 5.41) is 3.33. The van der Waals surface area contributed by atoms with Crippen LogP contribution in [0.15, 0.2) is 41.0 Å². The maximum atomic E-state index is 12.4. The molecular weight excluding hydrogens is 330 g/mol. The number of amides is 2.